The molecule has 1 unspecified atom stereocenters. The van der Waals surface area contributed by atoms with Gasteiger partial charge in [-0.2, -0.15) is 15.0 Å². The van der Waals surface area contributed by atoms with Gasteiger partial charge in [-0.1, -0.05) is 6.92 Å². The van der Waals surface area contributed by atoms with Crippen molar-refractivity contribution in [3.63, 3.8) is 0 Å². The minimum atomic E-state index is -0.322. The largest absolute Gasteiger partial charge is 0.463 e. The van der Waals surface area contributed by atoms with Crippen LogP contribution in [0.1, 0.15) is 13.3 Å². The third kappa shape index (κ3) is 5.20. The van der Waals surface area contributed by atoms with Crippen molar-refractivity contribution in [1.82, 2.24) is 15.0 Å². The first-order chi connectivity index (χ1) is 9.23. The zero-order chi connectivity index (χ0) is 14.1. The van der Waals surface area contributed by atoms with Crippen molar-refractivity contribution >= 4 is 11.9 Å². The number of anilines is 2. The Morgan fingerprint density at radius 2 is 2.05 bits per heavy atom. The Morgan fingerprint density at radius 3 is 2.63 bits per heavy atom. The van der Waals surface area contributed by atoms with Crippen LogP contribution in [-0.4, -0.2) is 53.0 Å². The number of aromatic nitrogens is 3. The number of hydrogen-bond acceptors (Lipinski definition) is 9. The monoisotopic (exact) mass is 272 g/mol. The Kier molecular flexibility index (Phi) is 6.79. The third-order valence-electron chi connectivity index (χ3n) is 2.10. The summed E-state index contributed by atoms with van der Waals surface area (Å²) < 4.78 is 10.3. The van der Waals surface area contributed by atoms with Crippen LogP contribution in [0.15, 0.2) is 0 Å². The summed E-state index contributed by atoms with van der Waals surface area (Å²) in [7, 11) is 1.54. The van der Waals surface area contributed by atoms with Crippen molar-refractivity contribution in [2.45, 2.75) is 19.4 Å². The number of ether oxygens (including phenoxy) is 2. The number of nitrogens with two attached hydrogens (primary N) is 1. The van der Waals surface area contributed by atoms with E-state index in [0.717, 1.165) is 6.42 Å². The summed E-state index contributed by atoms with van der Waals surface area (Å²) in [5.74, 6) is 5.71. The molecule has 0 saturated carbocycles. The summed E-state index contributed by atoms with van der Waals surface area (Å²) in [6, 6.07) is -0.154. The van der Waals surface area contributed by atoms with Gasteiger partial charge < -0.3 is 19.9 Å². The molecule has 1 aromatic heterocycles. The van der Waals surface area contributed by atoms with Gasteiger partial charge in [-0.25, -0.2) is 5.84 Å². The van der Waals surface area contributed by atoms with Crippen LogP contribution < -0.4 is 21.3 Å². The van der Waals surface area contributed by atoms with Gasteiger partial charge in [0.15, 0.2) is 0 Å². The lowest BCUT2D eigenvalue weighted by Gasteiger charge is -2.15. The van der Waals surface area contributed by atoms with E-state index in [-0.39, 0.29) is 30.6 Å². The Morgan fingerprint density at radius 1 is 1.32 bits per heavy atom. The summed E-state index contributed by atoms with van der Waals surface area (Å²) in [6.07, 6.45) is 0.836. The smallest absolute Gasteiger partial charge is 0.323 e. The SMILES string of the molecule is CCCOc1nc(NN)nc(NC(CO)COC)n1. The fraction of sp³-hybridized carbons (Fsp3) is 0.700. The minimum Gasteiger partial charge on any atom is -0.463 e. The van der Waals surface area contributed by atoms with E-state index in [1.54, 1.807) is 7.11 Å². The molecular weight excluding hydrogens is 252 g/mol. The minimum absolute atomic E-state index is 0.115. The summed E-state index contributed by atoms with van der Waals surface area (Å²) in [5.41, 5.74) is 2.33. The molecule has 1 heterocycles. The summed E-state index contributed by atoms with van der Waals surface area (Å²) in [6.45, 7) is 2.67. The zero-order valence-corrected chi connectivity index (χ0v) is 11.1. The van der Waals surface area contributed by atoms with Gasteiger partial charge in [-0.15, -0.1) is 0 Å². The molecule has 9 nitrogen and oxygen atoms in total. The maximum absolute atomic E-state index is 9.17. The molecule has 0 bridgehead atoms. The van der Waals surface area contributed by atoms with Crippen molar-refractivity contribution in [2.24, 2.45) is 5.84 Å². The van der Waals surface area contributed by atoms with E-state index in [2.05, 4.69) is 25.7 Å². The number of hydrazine groups is 1. The van der Waals surface area contributed by atoms with Gasteiger partial charge in [-0.05, 0) is 6.42 Å². The number of aliphatic hydroxyl groups excluding tert-OH is 1. The van der Waals surface area contributed by atoms with Crippen molar-refractivity contribution in [2.75, 3.05) is 37.7 Å². The normalized spacial score (nSPS) is 12.0. The molecule has 0 aliphatic heterocycles. The van der Waals surface area contributed by atoms with Gasteiger partial charge in [0.25, 0.3) is 0 Å². The standard InChI is InChI=1S/C10H20N6O3/c1-3-4-19-10-14-8(13-9(15-10)16-11)12-7(5-17)6-18-2/h7,17H,3-6,11H2,1-2H3,(H2,12,13,14,15,16). The molecule has 0 saturated heterocycles. The Bertz CT molecular complexity index is 378. The zero-order valence-electron chi connectivity index (χ0n) is 11.1. The molecule has 0 aliphatic rings. The highest BCUT2D eigenvalue weighted by Crippen LogP contribution is 2.11. The van der Waals surface area contributed by atoms with Crippen molar-refractivity contribution in [1.29, 1.82) is 0 Å². The van der Waals surface area contributed by atoms with Crippen molar-refractivity contribution < 1.29 is 14.6 Å². The van der Waals surface area contributed by atoms with E-state index in [0.29, 0.717) is 13.2 Å². The van der Waals surface area contributed by atoms with Gasteiger partial charge in [0.2, 0.25) is 11.9 Å². The summed E-state index contributed by atoms with van der Waals surface area (Å²) in [4.78, 5) is 12.0. The lowest BCUT2D eigenvalue weighted by molar-refractivity contribution is 0.153. The Balaban J connectivity index is 2.80. The van der Waals surface area contributed by atoms with Gasteiger partial charge >= 0.3 is 6.01 Å². The number of nitrogens with one attached hydrogen (secondary N) is 2. The average molecular weight is 272 g/mol. The molecule has 1 atom stereocenters. The predicted molar refractivity (Wildman–Crippen MR) is 69.8 cm³/mol. The van der Waals surface area contributed by atoms with Crippen LogP contribution in [0.4, 0.5) is 11.9 Å². The molecular formula is C10H20N6O3. The highest BCUT2D eigenvalue weighted by Gasteiger charge is 2.12. The van der Waals surface area contributed by atoms with Crippen molar-refractivity contribution in [3.8, 4) is 6.01 Å². The maximum Gasteiger partial charge on any atom is 0.323 e. The van der Waals surface area contributed by atoms with E-state index in [9.17, 15) is 5.11 Å². The van der Waals surface area contributed by atoms with Crippen LogP contribution in [0.25, 0.3) is 0 Å². The van der Waals surface area contributed by atoms with E-state index >= 15 is 0 Å². The third-order valence-corrected chi connectivity index (χ3v) is 2.10. The van der Waals surface area contributed by atoms with Crippen LogP contribution >= 0.6 is 0 Å². The molecule has 0 amide bonds. The van der Waals surface area contributed by atoms with E-state index in [1.807, 2.05) is 6.92 Å². The lowest BCUT2D eigenvalue weighted by Crippen LogP contribution is -2.30. The quantitative estimate of drug-likeness (QED) is 0.343. The van der Waals surface area contributed by atoms with Crippen molar-refractivity contribution in [3.05, 3.63) is 0 Å². The number of rotatable bonds is 9. The molecule has 0 fully saturated rings. The second-order valence-corrected chi connectivity index (χ2v) is 3.74. The first kappa shape index (κ1) is 15.3. The highest BCUT2D eigenvalue weighted by atomic mass is 16.5. The fourth-order valence-electron chi connectivity index (χ4n) is 1.27. The highest BCUT2D eigenvalue weighted by molar-refractivity contribution is 5.35. The molecule has 0 aliphatic carbocycles. The number of hydrogen-bond donors (Lipinski definition) is 4. The van der Waals surface area contributed by atoms with Crippen LogP contribution in [0.3, 0.4) is 0 Å². The topological polar surface area (TPSA) is 127 Å². The lowest BCUT2D eigenvalue weighted by atomic mass is 10.3. The van der Waals surface area contributed by atoms with E-state index in [4.69, 9.17) is 15.3 Å². The number of nitrogens with zero attached hydrogens (tertiary/aromatic N) is 3. The molecule has 19 heavy (non-hydrogen) atoms. The summed E-state index contributed by atoms with van der Waals surface area (Å²) in [5, 5.41) is 12.1. The molecule has 0 spiro atoms. The predicted octanol–water partition coefficient (Wildman–Crippen LogP) is -0.635. The molecule has 1 aromatic rings. The molecule has 5 N–H and O–H groups in total. The number of nitrogen functional groups attached to an aromatic ring is 1. The van der Waals surface area contributed by atoms with Crippen LogP contribution in [0.2, 0.25) is 0 Å². The first-order valence-electron chi connectivity index (χ1n) is 5.95. The number of methoxy groups -OCH3 is 1. The molecule has 108 valence electrons. The van der Waals surface area contributed by atoms with E-state index in [1.165, 1.54) is 0 Å². The molecule has 9 heteroatoms. The number of aliphatic hydroxyl groups is 1. The molecule has 0 radical (unpaired) electrons. The second kappa shape index (κ2) is 8.40. The molecule has 0 aromatic carbocycles. The first-order valence-corrected chi connectivity index (χ1v) is 5.95. The van der Waals surface area contributed by atoms with Gasteiger partial charge in [0.1, 0.15) is 0 Å². The van der Waals surface area contributed by atoms with Gasteiger partial charge in [-0.3, -0.25) is 5.43 Å². The Hall–Kier alpha value is -1.71. The average Bonchev–Trinajstić information content (AvgIpc) is 2.44. The van der Waals surface area contributed by atoms with Gasteiger partial charge in [0, 0.05) is 7.11 Å². The second-order valence-electron chi connectivity index (χ2n) is 3.74. The van der Waals surface area contributed by atoms with Crippen LogP contribution in [0.5, 0.6) is 6.01 Å². The maximum atomic E-state index is 9.17. The summed E-state index contributed by atoms with van der Waals surface area (Å²) >= 11 is 0. The fourth-order valence-corrected chi connectivity index (χ4v) is 1.27. The van der Waals surface area contributed by atoms with Crippen LogP contribution in [0, 0.1) is 0 Å². The van der Waals surface area contributed by atoms with E-state index < -0.39 is 0 Å². The Labute approximate surface area is 111 Å². The molecule has 1 rings (SSSR count). The van der Waals surface area contributed by atoms with Crippen LogP contribution in [-0.2, 0) is 4.74 Å². The van der Waals surface area contributed by atoms with Gasteiger partial charge in [0.05, 0.1) is 25.9 Å².